The van der Waals surface area contributed by atoms with Crippen molar-refractivity contribution >= 4 is 23.6 Å². The predicted molar refractivity (Wildman–Crippen MR) is 87.1 cm³/mol. The molecule has 0 aliphatic carbocycles. The molecule has 1 N–H and O–H groups in total. The van der Waals surface area contributed by atoms with Gasteiger partial charge in [0.2, 0.25) is 0 Å². The van der Waals surface area contributed by atoms with Crippen molar-refractivity contribution in [3.8, 4) is 0 Å². The van der Waals surface area contributed by atoms with Crippen LogP contribution in [0.25, 0.3) is 11.0 Å². The average molecular weight is 302 g/mol. The molecule has 0 saturated carbocycles. The molecule has 1 aromatic carbocycles. The van der Waals surface area contributed by atoms with Crippen LogP contribution in [0.2, 0.25) is 0 Å². The Labute approximate surface area is 131 Å². The molecule has 1 aliphatic heterocycles. The Morgan fingerprint density at radius 1 is 1.18 bits per heavy atom. The van der Waals surface area contributed by atoms with Crippen LogP contribution in [0.5, 0.6) is 0 Å². The average Bonchev–Trinajstić information content (AvgIpc) is 2.84. The topological polar surface area (TPSA) is 56.5 Å². The number of hydrogen-bond acceptors (Lipinski definition) is 4. The van der Waals surface area contributed by atoms with Gasteiger partial charge in [-0.1, -0.05) is 6.07 Å². The second-order valence-corrected chi connectivity index (χ2v) is 7.04. The Balaban J connectivity index is 2.00. The maximum atomic E-state index is 9.79. The summed E-state index contributed by atoms with van der Waals surface area (Å²) in [5.74, 6) is 0.654. The van der Waals surface area contributed by atoms with Gasteiger partial charge in [-0.25, -0.2) is 4.98 Å². The highest BCUT2D eigenvalue weighted by molar-refractivity contribution is 6.62. The number of aromatic nitrogens is 2. The van der Waals surface area contributed by atoms with Crippen LogP contribution in [-0.2, 0) is 16.4 Å². The molecule has 3 rings (SSSR count). The fraction of sp³-hybridized carbons (Fsp3) is 0.562. The Kier molecular flexibility index (Phi) is 3.40. The lowest BCUT2D eigenvalue weighted by atomic mass is 9.79. The van der Waals surface area contributed by atoms with E-state index in [1.54, 1.807) is 6.92 Å². The van der Waals surface area contributed by atoms with Gasteiger partial charge in [0.25, 0.3) is 0 Å². The van der Waals surface area contributed by atoms with Crippen molar-refractivity contribution in [2.75, 3.05) is 0 Å². The van der Waals surface area contributed by atoms with Crippen molar-refractivity contribution in [3.05, 3.63) is 24.0 Å². The summed E-state index contributed by atoms with van der Waals surface area (Å²) in [7, 11) is 1.51. The number of nitrogens with zero attached hydrogens (tertiary/aromatic N) is 2. The number of imidazole rings is 1. The Morgan fingerprint density at radius 3 is 2.32 bits per heavy atom. The second kappa shape index (κ2) is 4.81. The fourth-order valence-corrected chi connectivity index (χ4v) is 2.73. The molecule has 1 unspecified atom stereocenters. The van der Waals surface area contributed by atoms with Crippen LogP contribution < -0.4 is 5.46 Å². The number of aryl methyl sites for hydroxylation is 1. The summed E-state index contributed by atoms with van der Waals surface area (Å²) in [5.41, 5.74) is 2.05. The van der Waals surface area contributed by atoms with Gasteiger partial charge in [0.1, 0.15) is 11.9 Å². The number of aliphatic hydroxyl groups excluding tert-OH is 1. The highest BCUT2D eigenvalue weighted by Crippen LogP contribution is 2.36. The summed E-state index contributed by atoms with van der Waals surface area (Å²) in [5, 5.41) is 9.79. The minimum Gasteiger partial charge on any atom is -0.399 e. The first kappa shape index (κ1) is 15.5. The summed E-state index contributed by atoms with van der Waals surface area (Å²) in [4.78, 5) is 4.52. The van der Waals surface area contributed by atoms with Crippen molar-refractivity contribution in [2.45, 2.75) is 51.9 Å². The van der Waals surface area contributed by atoms with E-state index >= 15 is 0 Å². The molecular weight excluding hydrogens is 279 g/mol. The van der Waals surface area contributed by atoms with E-state index in [0.29, 0.717) is 5.82 Å². The SMILES string of the molecule is CC(O)c1nc2cc(B3OC(C)(C)C(C)(C)O3)ccc2n1C. The molecule has 1 aromatic heterocycles. The zero-order chi connectivity index (χ0) is 16.3. The molecule has 0 radical (unpaired) electrons. The zero-order valence-electron chi connectivity index (χ0n) is 14.0. The number of aliphatic hydroxyl groups is 1. The highest BCUT2D eigenvalue weighted by Gasteiger charge is 2.51. The molecule has 0 spiro atoms. The quantitative estimate of drug-likeness (QED) is 0.861. The van der Waals surface area contributed by atoms with Gasteiger partial charge in [0.05, 0.1) is 22.2 Å². The molecule has 1 saturated heterocycles. The molecule has 2 heterocycles. The monoisotopic (exact) mass is 302 g/mol. The minimum atomic E-state index is -0.599. The highest BCUT2D eigenvalue weighted by atomic mass is 16.7. The summed E-state index contributed by atoms with van der Waals surface area (Å²) >= 11 is 0. The molecule has 22 heavy (non-hydrogen) atoms. The third kappa shape index (κ3) is 2.26. The maximum Gasteiger partial charge on any atom is 0.494 e. The maximum absolute atomic E-state index is 9.79. The normalized spacial score (nSPS) is 21.5. The van der Waals surface area contributed by atoms with E-state index < -0.39 is 13.2 Å². The molecule has 6 heteroatoms. The first-order valence-electron chi connectivity index (χ1n) is 7.62. The van der Waals surface area contributed by atoms with Crippen LogP contribution in [0.15, 0.2) is 18.2 Å². The van der Waals surface area contributed by atoms with E-state index in [4.69, 9.17) is 9.31 Å². The van der Waals surface area contributed by atoms with Crippen LogP contribution in [0.3, 0.4) is 0 Å². The lowest BCUT2D eigenvalue weighted by Gasteiger charge is -2.32. The van der Waals surface area contributed by atoms with Crippen LogP contribution in [0, 0.1) is 0 Å². The van der Waals surface area contributed by atoms with E-state index in [0.717, 1.165) is 16.5 Å². The van der Waals surface area contributed by atoms with Crippen LogP contribution in [-0.4, -0.2) is 33.0 Å². The lowest BCUT2D eigenvalue weighted by molar-refractivity contribution is 0.00578. The standard InChI is InChI=1S/C16H23BN2O3/c1-10(20)14-18-12-9-11(7-8-13(12)19(14)6)17-21-15(2,3)16(4,5)22-17/h7-10,20H,1-6H3. The Hall–Kier alpha value is -1.37. The van der Waals surface area contributed by atoms with E-state index in [1.165, 1.54) is 0 Å². The summed E-state index contributed by atoms with van der Waals surface area (Å²) in [6.45, 7) is 9.88. The second-order valence-electron chi connectivity index (χ2n) is 7.04. The molecule has 2 aromatic rings. The van der Waals surface area contributed by atoms with Crippen molar-refractivity contribution in [1.29, 1.82) is 0 Å². The first-order valence-corrected chi connectivity index (χ1v) is 7.62. The van der Waals surface area contributed by atoms with Crippen molar-refractivity contribution < 1.29 is 14.4 Å². The molecular formula is C16H23BN2O3. The summed E-state index contributed by atoms with van der Waals surface area (Å²) < 4.78 is 14.1. The van der Waals surface area contributed by atoms with Crippen molar-refractivity contribution in [3.63, 3.8) is 0 Å². The van der Waals surface area contributed by atoms with Gasteiger partial charge >= 0.3 is 7.12 Å². The van der Waals surface area contributed by atoms with Gasteiger partial charge in [-0.15, -0.1) is 0 Å². The van der Waals surface area contributed by atoms with Crippen molar-refractivity contribution in [2.24, 2.45) is 7.05 Å². The third-order valence-corrected chi connectivity index (χ3v) is 4.84. The predicted octanol–water partition coefficient (Wildman–Crippen LogP) is 1.93. The molecule has 118 valence electrons. The van der Waals surface area contributed by atoms with Crippen LogP contribution in [0.4, 0.5) is 0 Å². The molecule has 1 aliphatic rings. The number of fused-ring (bicyclic) bond motifs is 1. The third-order valence-electron chi connectivity index (χ3n) is 4.84. The van der Waals surface area contributed by atoms with Gasteiger partial charge in [-0.3, -0.25) is 0 Å². The van der Waals surface area contributed by atoms with Gasteiger partial charge in [-0.05, 0) is 52.2 Å². The van der Waals surface area contributed by atoms with Crippen LogP contribution in [0.1, 0.15) is 46.5 Å². The largest absolute Gasteiger partial charge is 0.494 e. The molecule has 5 nitrogen and oxygen atoms in total. The molecule has 1 fully saturated rings. The van der Waals surface area contributed by atoms with Crippen molar-refractivity contribution in [1.82, 2.24) is 9.55 Å². The van der Waals surface area contributed by atoms with Gasteiger partial charge in [0.15, 0.2) is 0 Å². The molecule has 0 bridgehead atoms. The van der Waals surface area contributed by atoms with E-state index in [9.17, 15) is 5.11 Å². The zero-order valence-corrected chi connectivity index (χ0v) is 14.0. The molecule has 0 amide bonds. The smallest absolute Gasteiger partial charge is 0.399 e. The fourth-order valence-electron chi connectivity index (χ4n) is 2.73. The van der Waals surface area contributed by atoms with Gasteiger partial charge < -0.3 is 19.0 Å². The van der Waals surface area contributed by atoms with E-state index in [1.807, 2.05) is 57.5 Å². The first-order chi connectivity index (χ1) is 10.1. The Morgan fingerprint density at radius 2 is 1.77 bits per heavy atom. The van der Waals surface area contributed by atoms with E-state index in [-0.39, 0.29) is 11.2 Å². The lowest BCUT2D eigenvalue weighted by Crippen LogP contribution is -2.41. The Bertz CT molecular complexity index is 705. The number of benzene rings is 1. The van der Waals surface area contributed by atoms with Crippen LogP contribution >= 0.6 is 0 Å². The van der Waals surface area contributed by atoms with Gasteiger partial charge in [-0.2, -0.15) is 0 Å². The minimum absolute atomic E-state index is 0.360. The summed E-state index contributed by atoms with van der Waals surface area (Å²) in [6, 6.07) is 5.97. The van der Waals surface area contributed by atoms with E-state index in [2.05, 4.69) is 4.98 Å². The number of rotatable bonds is 2. The summed E-state index contributed by atoms with van der Waals surface area (Å²) in [6.07, 6.45) is -0.599. The van der Waals surface area contributed by atoms with Gasteiger partial charge in [0, 0.05) is 7.05 Å². The molecule has 1 atom stereocenters. The number of hydrogen-bond donors (Lipinski definition) is 1.